The Labute approximate surface area is 101 Å². The van der Waals surface area contributed by atoms with E-state index in [-0.39, 0.29) is 12.2 Å². The lowest BCUT2D eigenvalue weighted by Gasteiger charge is -2.22. The van der Waals surface area contributed by atoms with Gasteiger partial charge >= 0.3 is 13.8 Å². The summed E-state index contributed by atoms with van der Waals surface area (Å²) in [5.41, 5.74) is 5.23. The van der Waals surface area contributed by atoms with Crippen LogP contribution in [0, 0.1) is 0 Å². The summed E-state index contributed by atoms with van der Waals surface area (Å²) in [6, 6.07) is -1.27. The second-order valence-corrected chi connectivity index (χ2v) is 5.57. The Hall–Kier alpha value is -0.460. The van der Waals surface area contributed by atoms with Gasteiger partial charge in [-0.05, 0) is 27.7 Å². The molecule has 102 valence electrons. The van der Waals surface area contributed by atoms with Crippen LogP contribution in [0.4, 0.5) is 0 Å². The summed E-state index contributed by atoms with van der Waals surface area (Å²) in [4.78, 5) is 10.5. The highest BCUT2D eigenvalue weighted by Crippen LogP contribution is 2.51. The maximum absolute atomic E-state index is 12.0. The van der Waals surface area contributed by atoms with Crippen molar-refractivity contribution in [1.82, 2.24) is 0 Å². The van der Waals surface area contributed by atoms with E-state index in [1.54, 1.807) is 27.7 Å². The van der Waals surface area contributed by atoms with Crippen LogP contribution in [0.3, 0.4) is 0 Å². The quantitative estimate of drug-likeness (QED) is 0.640. The first-order valence-electron chi connectivity index (χ1n) is 5.26. The molecule has 1 atom stereocenters. The number of hydrogen-bond donors (Lipinski definition) is 2. The van der Waals surface area contributed by atoms with Crippen molar-refractivity contribution in [3.63, 3.8) is 0 Å². The lowest BCUT2D eigenvalue weighted by Crippen LogP contribution is -2.34. The van der Waals surface area contributed by atoms with Gasteiger partial charge in [0, 0.05) is 0 Å². The average molecular weight is 269 g/mol. The minimum Gasteiger partial charge on any atom is -0.480 e. The van der Waals surface area contributed by atoms with Gasteiger partial charge < -0.3 is 10.8 Å². The Morgan fingerprint density at radius 2 is 1.65 bits per heavy atom. The first-order valence-corrected chi connectivity index (χ1v) is 6.72. The standard InChI is InChI=1S/C9H20NO6P/c1-6(2)15-17(13,16-7(3)4)14-5-8(10)9(11)12/h6-8H,5,10H2,1-4H3,(H,11,12)/t8-/m0/s1. The van der Waals surface area contributed by atoms with Gasteiger partial charge in [0.25, 0.3) is 0 Å². The highest BCUT2D eigenvalue weighted by atomic mass is 31.2. The number of carboxylic acids is 1. The predicted octanol–water partition coefficient (Wildman–Crippen LogP) is 1.37. The third kappa shape index (κ3) is 7.46. The van der Waals surface area contributed by atoms with E-state index in [4.69, 9.17) is 24.4 Å². The highest BCUT2D eigenvalue weighted by molar-refractivity contribution is 7.48. The lowest BCUT2D eigenvalue weighted by molar-refractivity contribution is -0.139. The van der Waals surface area contributed by atoms with Crippen molar-refractivity contribution in [2.75, 3.05) is 6.61 Å². The maximum Gasteiger partial charge on any atom is 0.475 e. The molecule has 0 aliphatic heterocycles. The Morgan fingerprint density at radius 1 is 1.24 bits per heavy atom. The molecule has 0 heterocycles. The van der Waals surface area contributed by atoms with Crippen molar-refractivity contribution < 1.29 is 28.0 Å². The Balaban J connectivity index is 4.49. The van der Waals surface area contributed by atoms with Crippen LogP contribution < -0.4 is 5.73 Å². The minimum absolute atomic E-state index is 0.374. The fourth-order valence-electron chi connectivity index (χ4n) is 0.845. The summed E-state index contributed by atoms with van der Waals surface area (Å²) < 4.78 is 27.0. The Kier molecular flexibility index (Phi) is 6.89. The molecule has 0 amide bonds. The molecule has 7 nitrogen and oxygen atoms in total. The first kappa shape index (κ1) is 16.5. The maximum atomic E-state index is 12.0. The van der Waals surface area contributed by atoms with E-state index in [9.17, 15) is 9.36 Å². The normalized spacial score (nSPS) is 14.3. The molecule has 0 spiro atoms. The number of carboxylic acid groups (broad SMARTS) is 1. The lowest BCUT2D eigenvalue weighted by atomic mass is 10.3. The molecule has 0 rings (SSSR count). The van der Waals surface area contributed by atoms with Crippen LogP contribution in [-0.2, 0) is 22.9 Å². The molecule has 0 aromatic rings. The molecule has 0 bridgehead atoms. The number of phosphoric acid groups is 1. The second kappa shape index (κ2) is 7.08. The van der Waals surface area contributed by atoms with Crippen LogP contribution in [0.15, 0.2) is 0 Å². The third-order valence-corrected chi connectivity index (χ3v) is 3.23. The van der Waals surface area contributed by atoms with Crippen LogP contribution in [0.5, 0.6) is 0 Å². The second-order valence-electron chi connectivity index (χ2n) is 4.00. The zero-order chi connectivity index (χ0) is 13.6. The van der Waals surface area contributed by atoms with Crippen molar-refractivity contribution in [2.45, 2.75) is 45.9 Å². The van der Waals surface area contributed by atoms with Crippen molar-refractivity contribution in [1.29, 1.82) is 0 Å². The van der Waals surface area contributed by atoms with Crippen molar-refractivity contribution >= 4 is 13.8 Å². The number of nitrogens with two attached hydrogens (primary N) is 1. The van der Waals surface area contributed by atoms with Crippen molar-refractivity contribution in [2.24, 2.45) is 5.73 Å². The summed E-state index contributed by atoms with van der Waals surface area (Å²) in [6.07, 6.45) is -0.749. The number of phosphoric ester groups is 1. The predicted molar refractivity (Wildman–Crippen MR) is 61.6 cm³/mol. The van der Waals surface area contributed by atoms with E-state index in [0.29, 0.717) is 0 Å². The molecule has 0 aliphatic rings. The zero-order valence-corrected chi connectivity index (χ0v) is 11.3. The molecule has 0 unspecified atom stereocenters. The van der Waals surface area contributed by atoms with Gasteiger partial charge in [-0.3, -0.25) is 18.4 Å². The molecule has 17 heavy (non-hydrogen) atoms. The van der Waals surface area contributed by atoms with Crippen LogP contribution >= 0.6 is 7.82 Å². The summed E-state index contributed by atoms with van der Waals surface area (Å²) in [7, 11) is -3.77. The number of aliphatic carboxylic acids is 1. The van der Waals surface area contributed by atoms with Crippen LogP contribution in [0.2, 0.25) is 0 Å². The smallest absolute Gasteiger partial charge is 0.475 e. The van der Waals surface area contributed by atoms with Crippen LogP contribution in [-0.4, -0.2) is 35.9 Å². The molecule has 0 aliphatic carbocycles. The van der Waals surface area contributed by atoms with E-state index in [0.717, 1.165) is 0 Å². The van der Waals surface area contributed by atoms with Gasteiger partial charge in [-0.25, -0.2) is 4.57 Å². The third-order valence-electron chi connectivity index (χ3n) is 1.41. The molecular weight excluding hydrogens is 249 g/mol. The molecule has 0 fully saturated rings. The summed E-state index contributed by atoms with van der Waals surface area (Å²) in [5.74, 6) is -1.24. The zero-order valence-electron chi connectivity index (χ0n) is 10.5. The molecule has 0 aromatic carbocycles. The molecule has 0 aromatic heterocycles. The summed E-state index contributed by atoms with van der Waals surface area (Å²) in [6.45, 7) is 6.22. The molecule has 8 heteroatoms. The summed E-state index contributed by atoms with van der Waals surface area (Å²) >= 11 is 0. The van der Waals surface area contributed by atoms with Crippen molar-refractivity contribution in [3.05, 3.63) is 0 Å². The Bertz CT molecular complexity index is 279. The highest BCUT2D eigenvalue weighted by Gasteiger charge is 2.31. The van der Waals surface area contributed by atoms with Gasteiger partial charge in [0.15, 0.2) is 0 Å². The largest absolute Gasteiger partial charge is 0.480 e. The van der Waals surface area contributed by atoms with E-state index in [2.05, 4.69) is 0 Å². The average Bonchev–Trinajstić information content (AvgIpc) is 2.11. The van der Waals surface area contributed by atoms with Crippen LogP contribution in [0.25, 0.3) is 0 Å². The SMILES string of the molecule is CC(C)OP(=O)(OC[C@H](N)C(=O)O)OC(C)C. The molecular formula is C9H20NO6P. The van der Waals surface area contributed by atoms with E-state index in [1.165, 1.54) is 0 Å². The fourth-order valence-corrected chi connectivity index (χ4v) is 2.39. The molecule has 0 radical (unpaired) electrons. The Morgan fingerprint density at radius 3 is 1.94 bits per heavy atom. The molecule has 0 saturated carbocycles. The van der Waals surface area contributed by atoms with Gasteiger partial charge in [0.1, 0.15) is 6.04 Å². The number of rotatable bonds is 8. The van der Waals surface area contributed by atoms with Gasteiger partial charge in [-0.2, -0.15) is 0 Å². The van der Waals surface area contributed by atoms with E-state index >= 15 is 0 Å². The van der Waals surface area contributed by atoms with Gasteiger partial charge in [-0.1, -0.05) is 0 Å². The number of hydrogen-bond acceptors (Lipinski definition) is 6. The fraction of sp³-hybridized carbons (Fsp3) is 0.889. The van der Waals surface area contributed by atoms with Crippen LogP contribution in [0.1, 0.15) is 27.7 Å². The first-order chi connectivity index (χ1) is 7.66. The topological polar surface area (TPSA) is 108 Å². The van der Waals surface area contributed by atoms with Crippen molar-refractivity contribution in [3.8, 4) is 0 Å². The number of carbonyl (C=O) groups is 1. The minimum atomic E-state index is -3.77. The van der Waals surface area contributed by atoms with Gasteiger partial charge in [0.05, 0.1) is 18.8 Å². The monoisotopic (exact) mass is 269 g/mol. The van der Waals surface area contributed by atoms with Gasteiger partial charge in [0.2, 0.25) is 0 Å². The van der Waals surface area contributed by atoms with Gasteiger partial charge in [-0.15, -0.1) is 0 Å². The van der Waals surface area contributed by atoms with E-state index in [1.807, 2.05) is 0 Å². The van der Waals surface area contributed by atoms with E-state index < -0.39 is 26.4 Å². The molecule has 0 saturated heterocycles. The summed E-state index contributed by atoms with van der Waals surface area (Å²) in [5, 5.41) is 8.57. The molecule has 3 N–H and O–H groups in total.